The Morgan fingerprint density at radius 2 is 1.87 bits per heavy atom. The van der Waals surface area contributed by atoms with Gasteiger partial charge in [-0.1, -0.05) is 0 Å². The molecule has 3 nitrogen and oxygen atoms in total. The van der Waals surface area contributed by atoms with Crippen LogP contribution in [0.3, 0.4) is 0 Å². The third-order valence-electron chi connectivity index (χ3n) is 3.07. The summed E-state index contributed by atoms with van der Waals surface area (Å²) in [5, 5.41) is 14.1. The highest BCUT2D eigenvalue weighted by molar-refractivity contribution is 7.80. The molecule has 86 valence electrons. The van der Waals surface area contributed by atoms with Crippen molar-refractivity contribution in [3.63, 3.8) is 0 Å². The molecule has 0 radical (unpaired) electrons. The third-order valence-corrected chi connectivity index (χ3v) is 3.28. The molecular formula is C8H11F3N2OS. The zero-order chi connectivity index (χ0) is 11.3. The van der Waals surface area contributed by atoms with Gasteiger partial charge in [-0.3, -0.25) is 0 Å². The average molecular weight is 240 g/mol. The summed E-state index contributed by atoms with van der Waals surface area (Å²) in [6, 6.07) is 0. The van der Waals surface area contributed by atoms with Gasteiger partial charge in [0.25, 0.3) is 0 Å². The lowest BCUT2D eigenvalue weighted by molar-refractivity contribution is -0.279. The quantitative estimate of drug-likeness (QED) is 0.553. The molecule has 1 atom stereocenters. The zero-order valence-corrected chi connectivity index (χ0v) is 8.63. The summed E-state index contributed by atoms with van der Waals surface area (Å²) in [6.45, 7) is 0. The van der Waals surface area contributed by atoms with Gasteiger partial charge in [0.15, 0.2) is 5.11 Å². The van der Waals surface area contributed by atoms with Gasteiger partial charge in [0.1, 0.15) is 0 Å². The lowest BCUT2D eigenvalue weighted by Crippen LogP contribution is -2.74. The van der Waals surface area contributed by atoms with Crippen molar-refractivity contribution >= 4 is 17.3 Å². The number of aliphatic hydroxyl groups is 1. The highest BCUT2D eigenvalue weighted by atomic mass is 32.1. The molecule has 2 fully saturated rings. The summed E-state index contributed by atoms with van der Waals surface area (Å²) in [6.07, 6.45) is -2.99. The van der Waals surface area contributed by atoms with Crippen LogP contribution in [0.15, 0.2) is 0 Å². The Kier molecular flexibility index (Phi) is 2.17. The predicted octanol–water partition coefficient (Wildman–Crippen LogP) is 1.03. The van der Waals surface area contributed by atoms with Gasteiger partial charge in [0.2, 0.25) is 5.72 Å². The smallest absolute Gasteiger partial charge is 0.363 e. The van der Waals surface area contributed by atoms with Crippen molar-refractivity contribution in [1.82, 2.24) is 10.6 Å². The van der Waals surface area contributed by atoms with Crippen LogP contribution in [0.5, 0.6) is 0 Å². The van der Waals surface area contributed by atoms with Crippen LogP contribution in [-0.4, -0.2) is 27.7 Å². The summed E-state index contributed by atoms with van der Waals surface area (Å²) in [5.41, 5.74) is -3.54. The van der Waals surface area contributed by atoms with E-state index in [-0.39, 0.29) is 11.5 Å². The topological polar surface area (TPSA) is 44.3 Å². The number of nitrogens with one attached hydrogen (secondary N) is 2. The number of hydrogen-bond donors (Lipinski definition) is 3. The molecule has 1 aliphatic heterocycles. The summed E-state index contributed by atoms with van der Waals surface area (Å²) < 4.78 is 37.8. The Hall–Kier alpha value is -0.560. The summed E-state index contributed by atoms with van der Waals surface area (Å²) in [5.74, 6) is 0. The Bertz CT molecular complexity index is 303. The molecule has 0 unspecified atom stereocenters. The van der Waals surface area contributed by atoms with Gasteiger partial charge in [0, 0.05) is 12.0 Å². The standard InChI is InChI=1S/C8H11F3N2OS/c9-8(10,11)7(14)4-6(2-1-3-6)12-5(15)13-7/h14H,1-4H2,(H2,12,13,15)/t7-/m1/s1. The van der Waals surface area contributed by atoms with Crippen molar-refractivity contribution in [2.24, 2.45) is 0 Å². The van der Waals surface area contributed by atoms with Crippen molar-refractivity contribution in [3.8, 4) is 0 Å². The SMILES string of the molecule is O[C@@]1(C(F)(F)F)CC2(CCC2)NC(=S)N1. The molecule has 1 aliphatic carbocycles. The molecule has 1 spiro atoms. The maximum atomic E-state index is 12.6. The van der Waals surface area contributed by atoms with Crippen molar-refractivity contribution in [2.75, 3.05) is 0 Å². The molecule has 1 saturated carbocycles. The number of alkyl halides is 3. The highest BCUT2D eigenvalue weighted by Gasteiger charge is 2.61. The molecule has 1 heterocycles. The van der Waals surface area contributed by atoms with E-state index in [4.69, 9.17) is 12.2 Å². The second-order valence-electron chi connectivity index (χ2n) is 4.25. The van der Waals surface area contributed by atoms with Gasteiger partial charge in [-0.25, -0.2) is 0 Å². The molecule has 2 aliphatic rings. The lowest BCUT2D eigenvalue weighted by atomic mass is 9.70. The molecule has 0 aromatic rings. The first-order valence-electron chi connectivity index (χ1n) is 4.66. The van der Waals surface area contributed by atoms with E-state index >= 15 is 0 Å². The minimum absolute atomic E-state index is 0.124. The molecule has 0 amide bonds. The number of halogens is 3. The van der Waals surface area contributed by atoms with Crippen LogP contribution in [0.25, 0.3) is 0 Å². The van der Waals surface area contributed by atoms with Crippen LogP contribution in [0, 0.1) is 0 Å². The molecule has 0 aromatic carbocycles. The molecule has 7 heteroatoms. The van der Waals surface area contributed by atoms with Gasteiger partial charge in [-0.15, -0.1) is 0 Å². The fourth-order valence-corrected chi connectivity index (χ4v) is 2.50. The molecule has 0 bridgehead atoms. The maximum Gasteiger partial charge on any atom is 0.436 e. The van der Waals surface area contributed by atoms with Gasteiger partial charge in [0.05, 0.1) is 0 Å². The van der Waals surface area contributed by atoms with E-state index < -0.39 is 17.4 Å². The lowest BCUT2D eigenvalue weighted by Gasteiger charge is -2.52. The van der Waals surface area contributed by atoms with Crippen molar-refractivity contribution in [1.29, 1.82) is 0 Å². The minimum Gasteiger partial charge on any atom is -0.363 e. The normalized spacial score (nSPS) is 34.3. The van der Waals surface area contributed by atoms with E-state index in [0.29, 0.717) is 12.8 Å². The van der Waals surface area contributed by atoms with Crippen LogP contribution in [0.1, 0.15) is 25.7 Å². The molecular weight excluding hydrogens is 229 g/mol. The summed E-state index contributed by atoms with van der Waals surface area (Å²) in [7, 11) is 0. The van der Waals surface area contributed by atoms with Gasteiger partial charge in [-0.05, 0) is 31.5 Å². The first-order valence-corrected chi connectivity index (χ1v) is 5.07. The van der Waals surface area contributed by atoms with E-state index in [2.05, 4.69) is 5.32 Å². The van der Waals surface area contributed by atoms with Crippen LogP contribution >= 0.6 is 12.2 Å². The predicted molar refractivity (Wildman–Crippen MR) is 51.1 cm³/mol. The van der Waals surface area contributed by atoms with Gasteiger partial charge in [-0.2, -0.15) is 13.2 Å². The fourth-order valence-electron chi connectivity index (χ4n) is 2.11. The number of rotatable bonds is 0. The summed E-state index contributed by atoms with van der Waals surface area (Å²) in [4.78, 5) is 0. The fraction of sp³-hybridized carbons (Fsp3) is 0.875. The Labute approximate surface area is 90.0 Å². The van der Waals surface area contributed by atoms with Crippen molar-refractivity contribution in [3.05, 3.63) is 0 Å². The second-order valence-corrected chi connectivity index (χ2v) is 4.66. The Morgan fingerprint density at radius 3 is 2.27 bits per heavy atom. The number of thiocarbonyl (C=S) groups is 1. The highest BCUT2D eigenvalue weighted by Crippen LogP contribution is 2.44. The van der Waals surface area contributed by atoms with Crippen LogP contribution in [0.4, 0.5) is 13.2 Å². The second kappa shape index (κ2) is 2.98. The molecule has 1 saturated heterocycles. The number of hydrogen-bond acceptors (Lipinski definition) is 2. The average Bonchev–Trinajstić information content (AvgIpc) is 1.97. The van der Waals surface area contributed by atoms with E-state index in [1.807, 2.05) is 5.32 Å². The maximum absolute atomic E-state index is 12.6. The largest absolute Gasteiger partial charge is 0.436 e. The minimum atomic E-state index is -4.71. The van der Waals surface area contributed by atoms with E-state index in [1.54, 1.807) is 0 Å². The third kappa shape index (κ3) is 1.67. The van der Waals surface area contributed by atoms with E-state index in [0.717, 1.165) is 6.42 Å². The zero-order valence-electron chi connectivity index (χ0n) is 7.82. The van der Waals surface area contributed by atoms with Gasteiger partial charge < -0.3 is 15.7 Å². The van der Waals surface area contributed by atoms with Crippen LogP contribution in [-0.2, 0) is 0 Å². The Balaban J connectivity index is 2.23. The van der Waals surface area contributed by atoms with Crippen molar-refractivity contribution < 1.29 is 18.3 Å². The molecule has 3 N–H and O–H groups in total. The van der Waals surface area contributed by atoms with Gasteiger partial charge >= 0.3 is 6.18 Å². The van der Waals surface area contributed by atoms with Crippen LogP contribution < -0.4 is 10.6 Å². The molecule has 0 aromatic heterocycles. The first-order chi connectivity index (χ1) is 6.77. The summed E-state index contributed by atoms with van der Waals surface area (Å²) >= 11 is 4.69. The van der Waals surface area contributed by atoms with Crippen LogP contribution in [0.2, 0.25) is 0 Å². The van der Waals surface area contributed by atoms with E-state index in [1.165, 1.54) is 0 Å². The monoisotopic (exact) mass is 240 g/mol. The molecule has 15 heavy (non-hydrogen) atoms. The first kappa shape index (κ1) is 10.9. The van der Waals surface area contributed by atoms with Crippen molar-refractivity contribution in [2.45, 2.75) is 43.1 Å². The molecule has 2 rings (SSSR count). The van der Waals surface area contributed by atoms with E-state index in [9.17, 15) is 18.3 Å². The Morgan fingerprint density at radius 1 is 1.27 bits per heavy atom.